The molecule has 9 aromatic rings. The molecular weight excluding hydrogens is 544 g/mol. The van der Waals surface area contributed by atoms with Gasteiger partial charge in [0.1, 0.15) is 11.2 Å². The van der Waals surface area contributed by atoms with Gasteiger partial charge in [-0.25, -0.2) is 0 Å². The molecule has 0 aliphatic rings. The van der Waals surface area contributed by atoms with Crippen molar-refractivity contribution in [1.29, 1.82) is 0 Å². The maximum Gasteiger partial charge on any atom is 0.136 e. The number of rotatable bonds is 4. The average molecular weight is 582 g/mol. The zero-order chi connectivity index (χ0) is 37.6. The molecule has 0 fully saturated rings. The Balaban J connectivity index is 1.35. The Hall–Kier alpha value is -5.92. The first-order valence-electron chi connectivity index (χ1n) is 19.2. The van der Waals surface area contributed by atoms with Crippen molar-refractivity contribution >= 4 is 43.5 Å². The normalized spacial score (nSPS) is 14.4. The van der Waals surface area contributed by atoms with Crippen LogP contribution in [0.15, 0.2) is 174 Å². The Morgan fingerprint density at radius 3 is 1.67 bits per heavy atom. The molecule has 1 aromatic heterocycles. The molecule has 9 rings (SSSR count). The van der Waals surface area contributed by atoms with Crippen molar-refractivity contribution < 1.29 is 16.8 Å². The molecule has 210 valence electrons. The van der Waals surface area contributed by atoms with Crippen LogP contribution >= 0.6 is 0 Å². The van der Waals surface area contributed by atoms with Crippen LogP contribution in [0.4, 0.5) is 0 Å². The summed E-state index contributed by atoms with van der Waals surface area (Å²) < 4.78 is 84.8. The Morgan fingerprint density at radius 1 is 0.356 bits per heavy atom. The van der Waals surface area contributed by atoms with Gasteiger partial charge in [0.05, 0.1) is 12.3 Å². The lowest BCUT2D eigenvalue weighted by Crippen LogP contribution is -1.92. The minimum absolute atomic E-state index is 0.0560. The van der Waals surface area contributed by atoms with Crippen molar-refractivity contribution in [2.75, 3.05) is 0 Å². The number of fused-ring (bicyclic) bond motifs is 5. The molecule has 1 heteroatoms. The molecule has 0 spiro atoms. The first-order chi connectivity index (χ1) is 26.1. The van der Waals surface area contributed by atoms with Gasteiger partial charge >= 0.3 is 0 Å². The van der Waals surface area contributed by atoms with Crippen molar-refractivity contribution in [3.63, 3.8) is 0 Å². The molecule has 0 saturated carbocycles. The molecule has 0 amide bonds. The average Bonchev–Trinajstić information content (AvgIpc) is 3.57. The summed E-state index contributed by atoms with van der Waals surface area (Å²) in [4.78, 5) is 0. The standard InChI is InChI=1S/C44H28O/c1-3-13-29(14-4-1)31-24-26-41-40(27-31)34-25-23-32(28-42(34)45-41)43-36-19-9-11-21-38(36)44(39-22-12-10-20-37(39)43)35-18-8-7-17-33(35)30-15-5-2-6-16-30/h1-28H/i2D,5D,6D,7D,8D,15D,16D,17D,18D. The molecule has 1 heterocycles. The molecule has 0 aliphatic heterocycles. The predicted octanol–water partition coefficient (Wildman–Crippen LogP) is 12.6. The van der Waals surface area contributed by atoms with E-state index in [1.807, 2.05) is 78.9 Å². The summed E-state index contributed by atoms with van der Waals surface area (Å²) in [5.74, 6) is 0. The summed E-state index contributed by atoms with van der Waals surface area (Å²) in [5.41, 5.74) is 5.54. The van der Waals surface area contributed by atoms with Crippen LogP contribution in [0.25, 0.3) is 88.0 Å². The lowest BCUT2D eigenvalue weighted by Gasteiger charge is -2.19. The second kappa shape index (κ2) is 10.4. The van der Waals surface area contributed by atoms with Crippen LogP contribution in [0.3, 0.4) is 0 Å². The quantitative estimate of drug-likeness (QED) is 0.188. The summed E-state index contributed by atoms with van der Waals surface area (Å²) in [7, 11) is 0. The molecule has 0 saturated heterocycles. The van der Waals surface area contributed by atoms with Crippen LogP contribution in [0.2, 0.25) is 0 Å². The van der Waals surface area contributed by atoms with Gasteiger partial charge in [0.2, 0.25) is 0 Å². The Bertz CT molecular complexity index is 2960. The van der Waals surface area contributed by atoms with E-state index in [0.29, 0.717) is 21.9 Å². The van der Waals surface area contributed by atoms with Gasteiger partial charge < -0.3 is 4.42 Å². The van der Waals surface area contributed by atoms with Gasteiger partial charge in [-0.15, -0.1) is 0 Å². The highest BCUT2D eigenvalue weighted by Gasteiger charge is 2.19. The number of hydrogen-bond donors (Lipinski definition) is 0. The van der Waals surface area contributed by atoms with Gasteiger partial charge in [-0.2, -0.15) is 0 Å². The third kappa shape index (κ3) is 4.17. The zero-order valence-electron chi connectivity index (χ0n) is 32.9. The van der Waals surface area contributed by atoms with Crippen LogP contribution in [0.1, 0.15) is 12.3 Å². The summed E-state index contributed by atoms with van der Waals surface area (Å²) in [5, 5.41) is 4.91. The van der Waals surface area contributed by atoms with Crippen molar-refractivity contribution in [2.45, 2.75) is 0 Å². The first kappa shape index (κ1) is 18.0. The van der Waals surface area contributed by atoms with Gasteiger partial charge in [0.15, 0.2) is 0 Å². The third-order valence-electron chi connectivity index (χ3n) is 8.49. The molecule has 0 aliphatic carbocycles. The van der Waals surface area contributed by atoms with Crippen molar-refractivity contribution in [2.24, 2.45) is 0 Å². The van der Waals surface area contributed by atoms with Crippen LogP contribution < -0.4 is 0 Å². The van der Waals surface area contributed by atoms with E-state index in [-0.39, 0.29) is 22.7 Å². The summed E-state index contributed by atoms with van der Waals surface area (Å²) in [6.07, 6.45) is 0. The van der Waals surface area contributed by atoms with Crippen LogP contribution in [0.5, 0.6) is 0 Å². The highest BCUT2D eigenvalue weighted by molar-refractivity contribution is 6.23. The smallest absolute Gasteiger partial charge is 0.136 e. The van der Waals surface area contributed by atoms with Crippen molar-refractivity contribution in [1.82, 2.24) is 0 Å². The number of benzene rings is 8. The summed E-state index contributed by atoms with van der Waals surface area (Å²) in [6.45, 7) is 0. The van der Waals surface area contributed by atoms with E-state index in [1.54, 1.807) is 0 Å². The molecule has 8 aromatic carbocycles. The highest BCUT2D eigenvalue weighted by Crippen LogP contribution is 2.46. The fourth-order valence-corrected chi connectivity index (χ4v) is 6.51. The van der Waals surface area contributed by atoms with Crippen molar-refractivity contribution in [3.05, 3.63) is 170 Å². The van der Waals surface area contributed by atoms with Crippen LogP contribution in [0, 0.1) is 0 Å². The van der Waals surface area contributed by atoms with E-state index in [1.165, 1.54) is 0 Å². The van der Waals surface area contributed by atoms with E-state index in [0.717, 1.165) is 49.4 Å². The van der Waals surface area contributed by atoms with E-state index in [4.69, 9.17) is 15.4 Å². The largest absolute Gasteiger partial charge is 0.456 e. The van der Waals surface area contributed by atoms with Gasteiger partial charge in [-0.3, -0.25) is 0 Å². The third-order valence-corrected chi connectivity index (χ3v) is 8.49. The van der Waals surface area contributed by atoms with Crippen molar-refractivity contribution in [3.8, 4) is 44.5 Å². The molecule has 0 N–H and O–H groups in total. The molecule has 0 atom stereocenters. The maximum atomic E-state index is 9.28. The number of hydrogen-bond acceptors (Lipinski definition) is 1. The minimum Gasteiger partial charge on any atom is -0.456 e. The van der Waals surface area contributed by atoms with Gasteiger partial charge in [-0.05, 0) is 90.3 Å². The van der Waals surface area contributed by atoms with Gasteiger partial charge in [-0.1, -0.05) is 145 Å². The fraction of sp³-hybridized carbons (Fsp3) is 0. The summed E-state index contributed by atoms with van der Waals surface area (Å²) in [6, 6.07) is 33.0. The monoisotopic (exact) mass is 581 g/mol. The van der Waals surface area contributed by atoms with E-state index in [2.05, 4.69) is 36.4 Å². The Kier molecular flexibility index (Phi) is 4.15. The Morgan fingerprint density at radius 2 is 0.956 bits per heavy atom. The molecule has 45 heavy (non-hydrogen) atoms. The fourth-order valence-electron chi connectivity index (χ4n) is 6.51. The minimum atomic E-state index is -0.591. The summed E-state index contributed by atoms with van der Waals surface area (Å²) >= 11 is 0. The number of furan rings is 1. The lowest BCUT2D eigenvalue weighted by molar-refractivity contribution is 0.669. The van der Waals surface area contributed by atoms with E-state index < -0.39 is 48.3 Å². The highest BCUT2D eigenvalue weighted by atomic mass is 16.3. The second-order valence-corrected chi connectivity index (χ2v) is 11.0. The first-order valence-corrected chi connectivity index (χ1v) is 14.7. The predicted molar refractivity (Wildman–Crippen MR) is 190 cm³/mol. The van der Waals surface area contributed by atoms with Gasteiger partial charge in [0.25, 0.3) is 0 Å². The topological polar surface area (TPSA) is 13.1 Å². The zero-order valence-corrected chi connectivity index (χ0v) is 23.9. The SMILES string of the molecule is [2H]c1c([2H])c([2H])c(-c2c([2H])c([2H])c([2H])c([2H])c2-c2c3ccccc3c(-c3ccc4c(c3)oc3ccc(-c5ccccc5)cc34)c3ccccc23)c([2H])c1[2H]. The molecule has 0 bridgehead atoms. The van der Waals surface area contributed by atoms with Crippen LogP contribution in [-0.4, -0.2) is 0 Å². The second-order valence-electron chi connectivity index (χ2n) is 11.0. The molecule has 0 unspecified atom stereocenters. The van der Waals surface area contributed by atoms with E-state index in [9.17, 15) is 1.37 Å². The van der Waals surface area contributed by atoms with E-state index >= 15 is 0 Å². The molecule has 0 radical (unpaired) electrons. The lowest BCUT2D eigenvalue weighted by atomic mass is 9.84. The molecule has 1 nitrogen and oxygen atoms in total. The molecular formula is C44H28O. The van der Waals surface area contributed by atoms with Crippen LogP contribution in [-0.2, 0) is 0 Å². The Labute approximate surface area is 274 Å². The maximum absolute atomic E-state index is 9.28. The van der Waals surface area contributed by atoms with Gasteiger partial charge in [0, 0.05) is 10.8 Å².